The van der Waals surface area contributed by atoms with Gasteiger partial charge in [-0.2, -0.15) is 0 Å². The summed E-state index contributed by atoms with van der Waals surface area (Å²) < 4.78 is 65.6. The number of sulfonamides is 2. The Kier molecular flexibility index (Phi) is 7.39. The predicted octanol–water partition coefficient (Wildman–Crippen LogP) is 0.865. The van der Waals surface area contributed by atoms with Gasteiger partial charge in [0.1, 0.15) is 5.82 Å². The molecule has 132 valence electrons. The molecule has 0 saturated carbocycles. The van der Waals surface area contributed by atoms with Crippen LogP contribution in [0.1, 0.15) is 20.3 Å². The third-order valence-corrected chi connectivity index (χ3v) is 5.77. The first kappa shape index (κ1) is 19.8. The van der Waals surface area contributed by atoms with Crippen LogP contribution in [-0.2, 0) is 20.0 Å². The molecule has 0 aliphatic carbocycles. The zero-order chi connectivity index (χ0) is 17.5. The van der Waals surface area contributed by atoms with E-state index in [-0.39, 0.29) is 22.9 Å². The molecule has 0 radical (unpaired) electrons. The molecule has 0 atom stereocenters. The Hall–Kier alpha value is -1.23. The van der Waals surface area contributed by atoms with Gasteiger partial charge in [0.15, 0.2) is 0 Å². The van der Waals surface area contributed by atoms with Crippen LogP contribution in [0.3, 0.4) is 0 Å². The Morgan fingerprint density at radius 3 is 2.35 bits per heavy atom. The molecule has 1 aromatic rings. The number of likely N-dealkylation sites (N-methyl/N-ethyl adjacent to an activating group) is 1. The monoisotopic (exact) mass is 367 g/mol. The molecule has 0 aliphatic heterocycles. The van der Waals surface area contributed by atoms with Gasteiger partial charge in [-0.25, -0.2) is 25.9 Å². The number of hydrogen-bond acceptors (Lipinski definition) is 5. The Bertz CT molecular complexity index is 721. The first-order valence-electron chi connectivity index (χ1n) is 7.22. The van der Waals surface area contributed by atoms with Gasteiger partial charge >= 0.3 is 0 Å². The SMILES string of the molecule is CCCS(=O)(=O)Nc1ccc(S(=O)(=O)NCCNCC)cc1F. The molecule has 7 nitrogen and oxygen atoms in total. The minimum atomic E-state index is -3.84. The second-order valence-electron chi connectivity index (χ2n) is 4.81. The Labute approximate surface area is 136 Å². The average molecular weight is 367 g/mol. The standard InChI is InChI=1S/C13H22FN3O4S2/c1-3-9-22(18,19)17-13-6-5-11(10-12(13)14)23(20,21)16-8-7-15-4-2/h5-6,10,15-17H,3-4,7-9H2,1-2H3. The molecular formula is C13H22FN3O4S2. The van der Waals surface area contributed by atoms with Crippen molar-refractivity contribution >= 4 is 25.7 Å². The largest absolute Gasteiger partial charge is 0.316 e. The van der Waals surface area contributed by atoms with E-state index in [0.29, 0.717) is 19.5 Å². The van der Waals surface area contributed by atoms with Gasteiger partial charge in [0, 0.05) is 13.1 Å². The molecule has 3 N–H and O–H groups in total. The lowest BCUT2D eigenvalue weighted by atomic mass is 10.3. The van der Waals surface area contributed by atoms with Crippen molar-refractivity contribution in [3.8, 4) is 0 Å². The second kappa shape index (κ2) is 8.57. The van der Waals surface area contributed by atoms with Gasteiger partial charge in [-0.1, -0.05) is 13.8 Å². The van der Waals surface area contributed by atoms with Crippen molar-refractivity contribution in [3.05, 3.63) is 24.0 Å². The lowest BCUT2D eigenvalue weighted by Gasteiger charge is -2.11. The highest BCUT2D eigenvalue weighted by molar-refractivity contribution is 7.92. The van der Waals surface area contributed by atoms with E-state index in [1.807, 2.05) is 6.92 Å². The number of anilines is 1. The van der Waals surface area contributed by atoms with E-state index in [9.17, 15) is 21.2 Å². The summed E-state index contributed by atoms with van der Waals surface area (Å²) in [6.45, 7) is 4.91. The third kappa shape index (κ3) is 6.42. The maximum Gasteiger partial charge on any atom is 0.240 e. The molecule has 1 aromatic carbocycles. The van der Waals surface area contributed by atoms with E-state index in [1.165, 1.54) is 0 Å². The van der Waals surface area contributed by atoms with Gasteiger partial charge in [0.25, 0.3) is 0 Å². The molecule has 10 heteroatoms. The molecular weight excluding hydrogens is 345 g/mol. The Balaban J connectivity index is 2.87. The number of benzene rings is 1. The lowest BCUT2D eigenvalue weighted by molar-refractivity contribution is 0.574. The molecule has 1 rings (SSSR count). The molecule has 23 heavy (non-hydrogen) atoms. The van der Waals surface area contributed by atoms with Crippen LogP contribution in [0.15, 0.2) is 23.1 Å². The van der Waals surface area contributed by atoms with Crippen LogP contribution >= 0.6 is 0 Å². The highest BCUT2D eigenvalue weighted by atomic mass is 32.2. The summed E-state index contributed by atoms with van der Waals surface area (Å²) in [5.41, 5.74) is -0.273. The van der Waals surface area contributed by atoms with Crippen molar-refractivity contribution in [1.82, 2.24) is 10.0 Å². The van der Waals surface area contributed by atoms with Gasteiger partial charge in [-0.05, 0) is 31.2 Å². The molecule has 0 aromatic heterocycles. The maximum atomic E-state index is 14.0. The molecule has 0 heterocycles. The molecule has 0 spiro atoms. The van der Waals surface area contributed by atoms with E-state index in [0.717, 1.165) is 18.2 Å². The number of nitrogens with one attached hydrogen (secondary N) is 3. The van der Waals surface area contributed by atoms with Crippen molar-refractivity contribution in [1.29, 1.82) is 0 Å². The predicted molar refractivity (Wildman–Crippen MR) is 87.8 cm³/mol. The topological polar surface area (TPSA) is 104 Å². The van der Waals surface area contributed by atoms with Crippen LogP contribution in [-0.4, -0.2) is 42.2 Å². The van der Waals surface area contributed by atoms with Gasteiger partial charge in [-0.3, -0.25) is 4.72 Å². The highest BCUT2D eigenvalue weighted by Gasteiger charge is 2.18. The van der Waals surface area contributed by atoms with Crippen molar-refractivity contribution in [2.24, 2.45) is 0 Å². The number of halogens is 1. The van der Waals surface area contributed by atoms with Crippen LogP contribution in [0, 0.1) is 5.82 Å². The van der Waals surface area contributed by atoms with Crippen molar-refractivity contribution in [3.63, 3.8) is 0 Å². The quantitative estimate of drug-likeness (QED) is 0.532. The fourth-order valence-corrected chi connectivity index (χ4v) is 3.95. The van der Waals surface area contributed by atoms with Gasteiger partial charge in [-0.15, -0.1) is 0 Å². The smallest absolute Gasteiger partial charge is 0.240 e. The minimum Gasteiger partial charge on any atom is -0.316 e. The number of hydrogen-bond donors (Lipinski definition) is 3. The summed E-state index contributed by atoms with van der Waals surface area (Å²) in [6.07, 6.45) is 0.388. The summed E-state index contributed by atoms with van der Waals surface area (Å²) in [5, 5.41) is 2.95. The maximum absolute atomic E-state index is 14.0. The molecule has 0 saturated heterocycles. The molecule has 0 fully saturated rings. The Morgan fingerprint density at radius 2 is 1.78 bits per heavy atom. The first-order chi connectivity index (χ1) is 10.7. The third-order valence-electron chi connectivity index (χ3n) is 2.83. The molecule has 0 bridgehead atoms. The Morgan fingerprint density at radius 1 is 1.09 bits per heavy atom. The fraction of sp³-hybridized carbons (Fsp3) is 0.538. The van der Waals surface area contributed by atoms with Crippen LogP contribution in [0.5, 0.6) is 0 Å². The van der Waals surface area contributed by atoms with Gasteiger partial charge in [0.2, 0.25) is 20.0 Å². The molecule has 0 unspecified atom stereocenters. The summed E-state index contributed by atoms with van der Waals surface area (Å²) >= 11 is 0. The second-order valence-corrected chi connectivity index (χ2v) is 8.42. The van der Waals surface area contributed by atoms with Crippen molar-refractivity contribution in [2.45, 2.75) is 25.2 Å². The van der Waals surface area contributed by atoms with E-state index < -0.39 is 25.9 Å². The van der Waals surface area contributed by atoms with E-state index >= 15 is 0 Å². The van der Waals surface area contributed by atoms with Gasteiger partial charge in [0.05, 0.1) is 16.3 Å². The van der Waals surface area contributed by atoms with E-state index in [2.05, 4.69) is 14.8 Å². The first-order valence-corrected chi connectivity index (χ1v) is 10.4. The summed E-state index contributed by atoms with van der Waals surface area (Å²) in [4.78, 5) is -0.259. The normalized spacial score (nSPS) is 12.3. The molecule has 0 amide bonds. The lowest BCUT2D eigenvalue weighted by Crippen LogP contribution is -2.31. The summed E-state index contributed by atoms with van der Waals surface area (Å²) in [6, 6.07) is 3.04. The minimum absolute atomic E-state index is 0.140. The zero-order valence-electron chi connectivity index (χ0n) is 13.1. The van der Waals surface area contributed by atoms with Gasteiger partial charge < -0.3 is 5.32 Å². The van der Waals surface area contributed by atoms with Crippen LogP contribution in [0.25, 0.3) is 0 Å². The fourth-order valence-electron chi connectivity index (χ4n) is 1.77. The van der Waals surface area contributed by atoms with Crippen LogP contribution in [0.4, 0.5) is 10.1 Å². The van der Waals surface area contributed by atoms with E-state index in [4.69, 9.17) is 0 Å². The van der Waals surface area contributed by atoms with Crippen molar-refractivity contribution in [2.75, 3.05) is 30.1 Å². The van der Waals surface area contributed by atoms with Crippen molar-refractivity contribution < 1.29 is 21.2 Å². The highest BCUT2D eigenvalue weighted by Crippen LogP contribution is 2.20. The van der Waals surface area contributed by atoms with Crippen LogP contribution < -0.4 is 14.8 Å². The summed E-state index contributed by atoms with van der Waals surface area (Å²) in [7, 11) is -7.48. The summed E-state index contributed by atoms with van der Waals surface area (Å²) in [5.74, 6) is -1.09. The number of rotatable bonds is 10. The zero-order valence-corrected chi connectivity index (χ0v) is 14.7. The molecule has 0 aliphatic rings. The van der Waals surface area contributed by atoms with Crippen LogP contribution in [0.2, 0.25) is 0 Å². The average Bonchev–Trinajstić information content (AvgIpc) is 2.45. The van der Waals surface area contributed by atoms with E-state index in [1.54, 1.807) is 6.92 Å².